The maximum absolute atomic E-state index is 12.5. The lowest BCUT2D eigenvalue weighted by Crippen LogP contribution is -2.33. The number of aromatic nitrogens is 1. The second-order valence-electron chi connectivity index (χ2n) is 6.46. The first-order valence-electron chi connectivity index (χ1n) is 8.35. The van der Waals surface area contributed by atoms with Crippen LogP contribution in [0.1, 0.15) is 27.5 Å². The third-order valence-electron chi connectivity index (χ3n) is 4.28. The number of carbonyl (C=O) groups is 1. The van der Waals surface area contributed by atoms with Gasteiger partial charge in [-0.1, -0.05) is 24.3 Å². The summed E-state index contributed by atoms with van der Waals surface area (Å²) in [5, 5.41) is 13.1. The number of hydrogen-bond acceptors (Lipinski definition) is 5. The van der Waals surface area contributed by atoms with E-state index < -0.39 is 6.10 Å². The van der Waals surface area contributed by atoms with Crippen molar-refractivity contribution in [2.24, 2.45) is 0 Å². The molecule has 0 saturated heterocycles. The van der Waals surface area contributed by atoms with E-state index in [0.29, 0.717) is 24.5 Å². The molecule has 0 radical (unpaired) electrons. The first-order valence-corrected chi connectivity index (χ1v) is 8.35. The highest BCUT2D eigenvalue weighted by molar-refractivity contribution is 5.94. The molecule has 1 amide bonds. The van der Waals surface area contributed by atoms with Crippen LogP contribution in [0.25, 0.3) is 0 Å². The van der Waals surface area contributed by atoms with E-state index in [1.807, 2.05) is 43.3 Å². The first kappa shape index (κ1) is 17.4. The molecule has 0 fully saturated rings. The Bertz CT molecular complexity index is 731. The minimum absolute atomic E-state index is 0.256. The summed E-state index contributed by atoms with van der Waals surface area (Å²) in [6.45, 7) is 1.33. The Morgan fingerprint density at radius 3 is 2.84 bits per heavy atom. The van der Waals surface area contributed by atoms with E-state index in [0.717, 1.165) is 17.7 Å². The Kier molecular flexibility index (Phi) is 5.31. The van der Waals surface area contributed by atoms with Crippen molar-refractivity contribution >= 4 is 5.91 Å². The number of pyridine rings is 1. The molecule has 132 valence electrons. The molecule has 0 saturated carbocycles. The summed E-state index contributed by atoms with van der Waals surface area (Å²) in [4.78, 5) is 18.7. The summed E-state index contributed by atoms with van der Waals surface area (Å²) in [7, 11) is 3.94. The maximum Gasteiger partial charge on any atom is 0.253 e. The van der Waals surface area contributed by atoms with Gasteiger partial charge in [-0.3, -0.25) is 4.79 Å². The molecule has 1 aromatic carbocycles. The minimum atomic E-state index is -0.608. The number of nitrogens with one attached hydrogen (secondary N) is 1. The predicted octanol–water partition coefficient (Wildman–Crippen LogP) is 1.41. The smallest absolute Gasteiger partial charge is 0.253 e. The van der Waals surface area contributed by atoms with E-state index in [1.165, 1.54) is 6.20 Å². The molecule has 25 heavy (non-hydrogen) atoms. The number of aliphatic hydroxyl groups is 1. The van der Waals surface area contributed by atoms with E-state index in [4.69, 9.17) is 4.74 Å². The molecule has 1 heterocycles. The van der Waals surface area contributed by atoms with Crippen LogP contribution in [0.5, 0.6) is 5.88 Å². The number of benzene rings is 1. The van der Waals surface area contributed by atoms with E-state index in [2.05, 4.69) is 10.3 Å². The molecule has 0 bridgehead atoms. The topological polar surface area (TPSA) is 74.7 Å². The molecule has 1 aliphatic rings. The zero-order valence-corrected chi connectivity index (χ0v) is 14.5. The average Bonchev–Trinajstić information content (AvgIpc) is 2.91. The number of ether oxygens (including phenoxy) is 1. The highest BCUT2D eigenvalue weighted by atomic mass is 16.5. The largest absolute Gasteiger partial charge is 0.476 e. The minimum Gasteiger partial charge on any atom is -0.476 e. The standard InChI is InChI=1S/C19H23N3O3/c1-22(2)9-10-25-17-8-7-14(12-20-17)19(24)21-18-15-6-4-3-5-13(15)11-16(18)23/h3-8,12,16,18,23H,9-11H2,1-2H3,(H,21,24)/t16-,18+/m1/s1. The highest BCUT2D eigenvalue weighted by Crippen LogP contribution is 2.31. The average molecular weight is 341 g/mol. The monoisotopic (exact) mass is 341 g/mol. The van der Waals surface area contributed by atoms with Crippen LogP contribution < -0.4 is 10.1 Å². The quantitative estimate of drug-likeness (QED) is 0.831. The van der Waals surface area contributed by atoms with Crippen LogP contribution >= 0.6 is 0 Å². The van der Waals surface area contributed by atoms with Crippen LogP contribution in [-0.4, -0.2) is 54.2 Å². The molecule has 1 aliphatic carbocycles. The Morgan fingerprint density at radius 1 is 1.32 bits per heavy atom. The van der Waals surface area contributed by atoms with Gasteiger partial charge in [0.25, 0.3) is 5.91 Å². The summed E-state index contributed by atoms with van der Waals surface area (Å²) >= 11 is 0. The lowest BCUT2D eigenvalue weighted by atomic mass is 10.1. The summed E-state index contributed by atoms with van der Waals surface area (Å²) in [6.07, 6.45) is 1.44. The maximum atomic E-state index is 12.5. The summed E-state index contributed by atoms with van der Waals surface area (Å²) in [5.41, 5.74) is 2.49. The number of amides is 1. The SMILES string of the molecule is CN(C)CCOc1ccc(C(=O)N[C@H]2c3ccccc3C[C@H]2O)cn1. The van der Waals surface area contributed by atoms with Crippen molar-refractivity contribution < 1.29 is 14.6 Å². The van der Waals surface area contributed by atoms with Gasteiger partial charge < -0.3 is 20.1 Å². The lowest BCUT2D eigenvalue weighted by Gasteiger charge is -2.18. The van der Waals surface area contributed by atoms with Gasteiger partial charge >= 0.3 is 0 Å². The van der Waals surface area contributed by atoms with Gasteiger partial charge in [0.2, 0.25) is 5.88 Å². The molecular weight excluding hydrogens is 318 g/mol. The zero-order valence-electron chi connectivity index (χ0n) is 14.5. The molecule has 6 heteroatoms. The van der Waals surface area contributed by atoms with Gasteiger partial charge in [-0.05, 0) is 31.3 Å². The molecule has 2 atom stereocenters. The van der Waals surface area contributed by atoms with Crippen molar-refractivity contribution in [1.29, 1.82) is 0 Å². The Balaban J connectivity index is 1.62. The third kappa shape index (κ3) is 4.15. The first-order chi connectivity index (χ1) is 12.0. The van der Waals surface area contributed by atoms with Crippen LogP contribution in [0.2, 0.25) is 0 Å². The lowest BCUT2D eigenvalue weighted by molar-refractivity contribution is 0.0857. The Hall–Kier alpha value is -2.44. The molecule has 3 rings (SSSR count). The number of fused-ring (bicyclic) bond motifs is 1. The van der Waals surface area contributed by atoms with Crippen LogP contribution in [0.3, 0.4) is 0 Å². The molecule has 0 unspecified atom stereocenters. The van der Waals surface area contributed by atoms with Gasteiger partial charge in [0.1, 0.15) is 6.61 Å². The molecule has 0 aliphatic heterocycles. The molecule has 6 nitrogen and oxygen atoms in total. The zero-order chi connectivity index (χ0) is 17.8. The summed E-state index contributed by atoms with van der Waals surface area (Å²) in [6, 6.07) is 10.7. The normalized spacial score (nSPS) is 18.9. The number of likely N-dealkylation sites (N-methyl/N-ethyl adjacent to an activating group) is 1. The van der Waals surface area contributed by atoms with Gasteiger partial charge in [0.05, 0.1) is 17.7 Å². The van der Waals surface area contributed by atoms with E-state index in [-0.39, 0.29) is 11.9 Å². The number of hydrogen-bond donors (Lipinski definition) is 2. The fourth-order valence-corrected chi connectivity index (χ4v) is 2.91. The van der Waals surface area contributed by atoms with Gasteiger partial charge in [-0.15, -0.1) is 0 Å². The number of carbonyl (C=O) groups excluding carboxylic acids is 1. The fraction of sp³-hybridized carbons (Fsp3) is 0.368. The molecule has 0 spiro atoms. The van der Waals surface area contributed by atoms with Crippen LogP contribution in [0.15, 0.2) is 42.6 Å². The van der Waals surface area contributed by atoms with Crippen molar-refractivity contribution in [3.8, 4) is 5.88 Å². The second-order valence-corrected chi connectivity index (χ2v) is 6.46. The van der Waals surface area contributed by atoms with E-state index >= 15 is 0 Å². The number of aliphatic hydroxyl groups excluding tert-OH is 1. The van der Waals surface area contributed by atoms with E-state index in [9.17, 15) is 9.90 Å². The number of nitrogens with zero attached hydrogens (tertiary/aromatic N) is 2. The van der Waals surface area contributed by atoms with Crippen molar-refractivity contribution in [1.82, 2.24) is 15.2 Å². The van der Waals surface area contributed by atoms with Crippen LogP contribution in [0.4, 0.5) is 0 Å². The number of rotatable bonds is 6. The Labute approximate surface area is 147 Å². The Morgan fingerprint density at radius 2 is 2.12 bits per heavy atom. The van der Waals surface area contributed by atoms with Crippen LogP contribution in [0, 0.1) is 0 Å². The molecular formula is C19H23N3O3. The molecule has 2 aromatic rings. The van der Waals surface area contributed by atoms with Gasteiger partial charge in [-0.2, -0.15) is 0 Å². The third-order valence-corrected chi connectivity index (χ3v) is 4.28. The van der Waals surface area contributed by atoms with Gasteiger partial charge in [0, 0.05) is 25.2 Å². The van der Waals surface area contributed by atoms with Crippen molar-refractivity contribution in [3.63, 3.8) is 0 Å². The molecule has 1 aromatic heterocycles. The van der Waals surface area contributed by atoms with Gasteiger partial charge in [0.15, 0.2) is 0 Å². The predicted molar refractivity (Wildman–Crippen MR) is 94.6 cm³/mol. The van der Waals surface area contributed by atoms with Crippen molar-refractivity contribution in [2.75, 3.05) is 27.2 Å². The second kappa shape index (κ2) is 7.63. The molecule has 2 N–H and O–H groups in total. The van der Waals surface area contributed by atoms with Crippen molar-refractivity contribution in [2.45, 2.75) is 18.6 Å². The van der Waals surface area contributed by atoms with E-state index in [1.54, 1.807) is 12.1 Å². The summed E-state index contributed by atoms with van der Waals surface area (Å²) in [5.74, 6) is 0.234. The highest BCUT2D eigenvalue weighted by Gasteiger charge is 2.32. The van der Waals surface area contributed by atoms with Gasteiger partial charge in [-0.25, -0.2) is 4.98 Å². The summed E-state index contributed by atoms with van der Waals surface area (Å²) < 4.78 is 5.52. The van der Waals surface area contributed by atoms with Crippen LogP contribution in [-0.2, 0) is 6.42 Å². The fourth-order valence-electron chi connectivity index (χ4n) is 2.91. The van der Waals surface area contributed by atoms with Crippen molar-refractivity contribution in [3.05, 3.63) is 59.3 Å².